The third-order valence-electron chi connectivity index (χ3n) is 3.63. The van der Waals surface area contributed by atoms with E-state index in [0.717, 1.165) is 16.8 Å². The van der Waals surface area contributed by atoms with Crippen molar-refractivity contribution in [3.63, 3.8) is 0 Å². The molecule has 0 aliphatic rings. The first-order valence-electron chi connectivity index (χ1n) is 7.33. The van der Waals surface area contributed by atoms with Gasteiger partial charge in [0.25, 0.3) is 0 Å². The van der Waals surface area contributed by atoms with Crippen LogP contribution in [0.5, 0.6) is 5.75 Å². The Morgan fingerprint density at radius 3 is 2.52 bits per heavy atom. The number of aryl methyl sites for hydroxylation is 2. The minimum Gasteiger partial charge on any atom is -0.422 e. The van der Waals surface area contributed by atoms with Crippen molar-refractivity contribution in [1.82, 2.24) is 15.0 Å². The normalized spacial score (nSPS) is 10.6. The molecule has 116 valence electrons. The lowest BCUT2D eigenvalue weighted by Gasteiger charge is -2.08. The number of carbonyl (C=O) groups excluding carboxylic acids is 1. The third kappa shape index (κ3) is 2.99. The fourth-order valence-electron chi connectivity index (χ4n) is 2.34. The van der Waals surface area contributed by atoms with Crippen molar-refractivity contribution in [2.75, 3.05) is 0 Å². The number of hydrogen-bond donors (Lipinski definition) is 0. The van der Waals surface area contributed by atoms with Gasteiger partial charge in [0.1, 0.15) is 5.75 Å². The van der Waals surface area contributed by atoms with E-state index in [-0.39, 0.29) is 5.69 Å². The predicted molar refractivity (Wildman–Crippen MR) is 87.0 cm³/mol. The van der Waals surface area contributed by atoms with Gasteiger partial charge in [0, 0.05) is 0 Å². The second-order valence-corrected chi connectivity index (χ2v) is 5.43. The highest BCUT2D eigenvalue weighted by Gasteiger charge is 2.20. The topological polar surface area (TPSA) is 57.0 Å². The SMILES string of the molecule is Cc1ccc(C)c(-n2nnc(C(=O)Oc3ccccc3)c2C)c1. The summed E-state index contributed by atoms with van der Waals surface area (Å²) in [6.07, 6.45) is 0. The van der Waals surface area contributed by atoms with Gasteiger partial charge >= 0.3 is 5.97 Å². The summed E-state index contributed by atoms with van der Waals surface area (Å²) < 4.78 is 7.00. The average Bonchev–Trinajstić information content (AvgIpc) is 2.92. The van der Waals surface area contributed by atoms with Gasteiger partial charge in [0.15, 0.2) is 5.69 Å². The van der Waals surface area contributed by atoms with Crippen LogP contribution < -0.4 is 4.74 Å². The summed E-state index contributed by atoms with van der Waals surface area (Å²) in [7, 11) is 0. The van der Waals surface area contributed by atoms with E-state index in [0.29, 0.717) is 11.4 Å². The lowest BCUT2D eigenvalue weighted by atomic mass is 10.1. The van der Waals surface area contributed by atoms with Gasteiger partial charge in [-0.05, 0) is 50.1 Å². The quantitative estimate of drug-likeness (QED) is 0.549. The maximum atomic E-state index is 12.3. The second kappa shape index (κ2) is 6.04. The Hall–Kier alpha value is -2.95. The van der Waals surface area contributed by atoms with Crippen LogP contribution in [0.2, 0.25) is 0 Å². The van der Waals surface area contributed by atoms with Gasteiger partial charge in [0.2, 0.25) is 0 Å². The molecule has 0 aliphatic heterocycles. The second-order valence-electron chi connectivity index (χ2n) is 5.43. The molecule has 5 nitrogen and oxygen atoms in total. The molecule has 0 saturated heterocycles. The molecule has 0 unspecified atom stereocenters. The van der Waals surface area contributed by atoms with Crippen LogP contribution in [0.15, 0.2) is 48.5 Å². The molecule has 0 fully saturated rings. The molecular formula is C18H17N3O2. The van der Waals surface area contributed by atoms with Crippen molar-refractivity contribution >= 4 is 5.97 Å². The molecule has 23 heavy (non-hydrogen) atoms. The number of esters is 1. The fourth-order valence-corrected chi connectivity index (χ4v) is 2.34. The van der Waals surface area contributed by atoms with E-state index in [4.69, 9.17) is 4.74 Å². The first-order valence-corrected chi connectivity index (χ1v) is 7.33. The predicted octanol–water partition coefficient (Wildman–Crippen LogP) is 3.41. The zero-order valence-corrected chi connectivity index (χ0v) is 13.3. The summed E-state index contributed by atoms with van der Waals surface area (Å²) in [5.41, 5.74) is 3.96. The van der Waals surface area contributed by atoms with Crippen molar-refractivity contribution in [2.24, 2.45) is 0 Å². The molecule has 0 N–H and O–H groups in total. The van der Waals surface area contributed by atoms with E-state index < -0.39 is 5.97 Å². The van der Waals surface area contributed by atoms with E-state index >= 15 is 0 Å². The summed E-state index contributed by atoms with van der Waals surface area (Å²) >= 11 is 0. The minimum atomic E-state index is -0.509. The van der Waals surface area contributed by atoms with Crippen molar-refractivity contribution in [3.05, 3.63) is 71.0 Å². The highest BCUT2D eigenvalue weighted by molar-refractivity contribution is 5.90. The standard InChI is InChI=1S/C18H17N3O2/c1-12-9-10-13(2)16(11-12)21-14(3)17(19-20-21)18(22)23-15-7-5-4-6-8-15/h4-11H,1-3H3. The molecule has 1 aromatic heterocycles. The van der Waals surface area contributed by atoms with Gasteiger partial charge < -0.3 is 4.74 Å². The van der Waals surface area contributed by atoms with Crippen LogP contribution in [0.25, 0.3) is 5.69 Å². The smallest absolute Gasteiger partial charge is 0.366 e. The van der Waals surface area contributed by atoms with Crippen molar-refractivity contribution in [1.29, 1.82) is 0 Å². The maximum absolute atomic E-state index is 12.3. The molecule has 0 spiro atoms. The van der Waals surface area contributed by atoms with Gasteiger partial charge in [-0.1, -0.05) is 35.5 Å². The molecule has 5 heteroatoms. The maximum Gasteiger partial charge on any atom is 0.366 e. The Kier molecular flexibility index (Phi) is 3.93. The number of hydrogen-bond acceptors (Lipinski definition) is 4. The molecule has 1 heterocycles. The van der Waals surface area contributed by atoms with Gasteiger partial charge in [0.05, 0.1) is 11.4 Å². The van der Waals surface area contributed by atoms with Crippen molar-refractivity contribution < 1.29 is 9.53 Å². The highest BCUT2D eigenvalue weighted by Crippen LogP contribution is 2.19. The molecule has 0 bridgehead atoms. The van der Waals surface area contributed by atoms with E-state index in [2.05, 4.69) is 10.3 Å². The molecule has 2 aromatic carbocycles. The molecule has 0 atom stereocenters. The summed E-state index contributed by atoms with van der Waals surface area (Å²) in [5.74, 6) is -0.0246. The Bertz CT molecular complexity index is 854. The third-order valence-corrected chi connectivity index (χ3v) is 3.63. The molecule has 3 aromatic rings. The summed E-state index contributed by atoms with van der Waals surface area (Å²) in [6, 6.07) is 15.0. The van der Waals surface area contributed by atoms with Crippen LogP contribution in [0.4, 0.5) is 0 Å². The Morgan fingerprint density at radius 2 is 1.78 bits per heavy atom. The van der Waals surface area contributed by atoms with Crippen LogP contribution >= 0.6 is 0 Å². The lowest BCUT2D eigenvalue weighted by molar-refractivity contribution is 0.0727. The molecule has 0 aliphatic carbocycles. The van der Waals surface area contributed by atoms with Crippen LogP contribution in [0, 0.1) is 20.8 Å². The Balaban J connectivity index is 1.93. The van der Waals surface area contributed by atoms with Gasteiger partial charge in [-0.2, -0.15) is 0 Å². The van der Waals surface area contributed by atoms with Gasteiger partial charge in [-0.3, -0.25) is 0 Å². The molecule has 0 saturated carbocycles. The van der Waals surface area contributed by atoms with Gasteiger partial charge in [-0.25, -0.2) is 9.48 Å². The number of para-hydroxylation sites is 1. The molecule has 0 amide bonds. The summed E-state index contributed by atoms with van der Waals surface area (Å²) in [5, 5.41) is 8.11. The Labute approximate surface area is 134 Å². The monoisotopic (exact) mass is 307 g/mol. The van der Waals surface area contributed by atoms with Gasteiger partial charge in [-0.15, -0.1) is 5.10 Å². The fraction of sp³-hybridized carbons (Fsp3) is 0.167. The summed E-state index contributed by atoms with van der Waals surface area (Å²) in [6.45, 7) is 5.82. The summed E-state index contributed by atoms with van der Waals surface area (Å²) in [4.78, 5) is 12.3. The van der Waals surface area contributed by atoms with E-state index in [1.165, 1.54) is 0 Å². The lowest BCUT2D eigenvalue weighted by Crippen LogP contribution is -2.11. The molecule has 0 radical (unpaired) electrons. The Morgan fingerprint density at radius 1 is 1.04 bits per heavy atom. The van der Waals surface area contributed by atoms with Crippen LogP contribution in [0.1, 0.15) is 27.3 Å². The van der Waals surface area contributed by atoms with E-state index in [9.17, 15) is 4.79 Å². The van der Waals surface area contributed by atoms with Crippen LogP contribution in [0.3, 0.4) is 0 Å². The van der Waals surface area contributed by atoms with Crippen molar-refractivity contribution in [3.8, 4) is 11.4 Å². The molecular weight excluding hydrogens is 290 g/mol. The number of nitrogens with zero attached hydrogens (tertiary/aromatic N) is 3. The number of carbonyl (C=O) groups is 1. The number of rotatable bonds is 3. The van der Waals surface area contributed by atoms with Crippen LogP contribution in [-0.4, -0.2) is 21.0 Å². The first-order chi connectivity index (χ1) is 11.1. The zero-order valence-electron chi connectivity index (χ0n) is 13.3. The zero-order chi connectivity index (χ0) is 16.4. The largest absolute Gasteiger partial charge is 0.422 e. The number of aromatic nitrogens is 3. The number of ether oxygens (including phenoxy) is 1. The van der Waals surface area contributed by atoms with Crippen molar-refractivity contribution in [2.45, 2.75) is 20.8 Å². The number of benzene rings is 2. The van der Waals surface area contributed by atoms with E-state index in [1.54, 1.807) is 16.8 Å². The minimum absolute atomic E-state index is 0.217. The molecule has 3 rings (SSSR count). The van der Waals surface area contributed by atoms with Crippen LogP contribution in [-0.2, 0) is 0 Å². The highest BCUT2D eigenvalue weighted by atomic mass is 16.5. The average molecular weight is 307 g/mol. The first kappa shape index (κ1) is 15.0. The van der Waals surface area contributed by atoms with E-state index in [1.807, 2.05) is 57.2 Å².